The zero-order valence-corrected chi connectivity index (χ0v) is 6.91. The van der Waals surface area contributed by atoms with Gasteiger partial charge in [0.05, 0.1) is 12.6 Å². The van der Waals surface area contributed by atoms with E-state index in [9.17, 15) is 0 Å². The van der Waals surface area contributed by atoms with Crippen LogP contribution >= 0.6 is 15.9 Å². The first kappa shape index (κ1) is 7.97. The number of hydrogen-bond acceptors (Lipinski definition) is 4. The van der Waals surface area contributed by atoms with Crippen molar-refractivity contribution in [2.75, 3.05) is 6.61 Å². The Kier molecular flexibility index (Phi) is 2.64. The van der Waals surface area contributed by atoms with Crippen LogP contribution in [-0.2, 0) is 4.84 Å². The van der Waals surface area contributed by atoms with E-state index >= 15 is 0 Å². The van der Waals surface area contributed by atoms with Crippen LogP contribution < -0.4 is 5.73 Å². The van der Waals surface area contributed by atoms with Crippen LogP contribution in [0.3, 0.4) is 0 Å². The summed E-state index contributed by atoms with van der Waals surface area (Å²) in [5, 5.41) is 12.2. The maximum Gasteiger partial charge on any atom is 0.151 e. The molecular formula is C5H9BrN2O2. The Hall–Kier alpha value is -0.130. The van der Waals surface area contributed by atoms with E-state index in [2.05, 4.69) is 21.1 Å². The van der Waals surface area contributed by atoms with E-state index in [1.807, 2.05) is 0 Å². The molecule has 0 aliphatic carbocycles. The van der Waals surface area contributed by atoms with Crippen molar-refractivity contribution in [1.82, 2.24) is 0 Å². The van der Waals surface area contributed by atoms with Gasteiger partial charge >= 0.3 is 0 Å². The summed E-state index contributed by atoms with van der Waals surface area (Å²) < 4.78 is 0.751. The van der Waals surface area contributed by atoms with Crippen molar-refractivity contribution in [1.29, 1.82) is 0 Å². The lowest BCUT2D eigenvalue weighted by molar-refractivity contribution is 0.0484. The average Bonchev–Trinajstić information content (AvgIpc) is 2.34. The SMILES string of the molecule is N[C@@H](CO)[C@H]1CC(Br)=NO1. The molecule has 0 aromatic carbocycles. The van der Waals surface area contributed by atoms with Gasteiger partial charge in [-0.15, -0.1) is 0 Å². The fourth-order valence-corrected chi connectivity index (χ4v) is 1.12. The number of rotatable bonds is 2. The lowest BCUT2D eigenvalue weighted by Gasteiger charge is -2.13. The van der Waals surface area contributed by atoms with Gasteiger partial charge in [0.15, 0.2) is 6.10 Å². The van der Waals surface area contributed by atoms with Gasteiger partial charge in [0.2, 0.25) is 0 Å². The van der Waals surface area contributed by atoms with E-state index in [0.717, 1.165) is 4.62 Å². The minimum atomic E-state index is -0.334. The molecule has 10 heavy (non-hydrogen) atoms. The number of halogens is 1. The summed E-state index contributed by atoms with van der Waals surface area (Å²) in [5.74, 6) is 0. The third-order valence-corrected chi connectivity index (χ3v) is 1.81. The molecule has 2 atom stereocenters. The molecular weight excluding hydrogens is 200 g/mol. The molecule has 1 aliphatic rings. The highest BCUT2D eigenvalue weighted by molar-refractivity contribution is 9.18. The van der Waals surface area contributed by atoms with Gasteiger partial charge in [0.1, 0.15) is 4.62 Å². The van der Waals surface area contributed by atoms with Gasteiger partial charge in [-0.1, -0.05) is 5.16 Å². The highest BCUT2D eigenvalue weighted by atomic mass is 79.9. The summed E-state index contributed by atoms with van der Waals surface area (Å²) in [6.45, 7) is -0.0690. The minimum absolute atomic E-state index is 0.0690. The summed E-state index contributed by atoms with van der Waals surface area (Å²) >= 11 is 3.16. The van der Waals surface area contributed by atoms with Crippen LogP contribution in [0.15, 0.2) is 5.16 Å². The second kappa shape index (κ2) is 3.32. The fourth-order valence-electron chi connectivity index (χ4n) is 0.713. The molecule has 1 rings (SSSR count). The van der Waals surface area contributed by atoms with Gasteiger partial charge in [0, 0.05) is 6.42 Å². The first-order chi connectivity index (χ1) is 4.74. The molecule has 3 N–H and O–H groups in total. The maximum absolute atomic E-state index is 8.61. The van der Waals surface area contributed by atoms with Gasteiger partial charge in [-0.05, 0) is 15.9 Å². The Bertz CT molecular complexity index is 151. The van der Waals surface area contributed by atoms with Gasteiger partial charge in [-0.25, -0.2) is 0 Å². The molecule has 0 radical (unpaired) electrons. The molecule has 0 bridgehead atoms. The Labute approximate surface area is 67.2 Å². The second-order valence-corrected chi connectivity index (χ2v) is 3.08. The number of aliphatic hydroxyl groups excluding tert-OH is 1. The van der Waals surface area contributed by atoms with Crippen LogP contribution in [0.1, 0.15) is 6.42 Å². The molecule has 58 valence electrons. The topological polar surface area (TPSA) is 67.8 Å². The largest absolute Gasteiger partial charge is 0.395 e. The molecule has 1 aliphatic heterocycles. The molecule has 0 aromatic heterocycles. The third-order valence-electron chi connectivity index (χ3n) is 1.35. The summed E-state index contributed by atoms with van der Waals surface area (Å²) in [6, 6.07) is -0.334. The Morgan fingerprint density at radius 3 is 3.10 bits per heavy atom. The van der Waals surface area contributed by atoms with Crippen LogP contribution in [0.25, 0.3) is 0 Å². The molecule has 0 saturated carbocycles. The van der Waals surface area contributed by atoms with Crippen molar-refractivity contribution in [2.24, 2.45) is 10.9 Å². The molecule has 0 amide bonds. The maximum atomic E-state index is 8.61. The molecule has 0 aromatic rings. The van der Waals surface area contributed by atoms with E-state index in [-0.39, 0.29) is 18.8 Å². The highest BCUT2D eigenvalue weighted by Gasteiger charge is 2.25. The zero-order chi connectivity index (χ0) is 7.56. The predicted octanol–water partition coefficient (Wildman–Crippen LogP) is -0.197. The molecule has 0 unspecified atom stereocenters. The molecule has 0 spiro atoms. The van der Waals surface area contributed by atoms with Crippen LogP contribution in [0.2, 0.25) is 0 Å². The van der Waals surface area contributed by atoms with Crippen LogP contribution in [0, 0.1) is 0 Å². The molecule has 0 fully saturated rings. The first-order valence-corrected chi connectivity index (χ1v) is 3.78. The average molecular weight is 209 g/mol. The number of nitrogens with two attached hydrogens (primary N) is 1. The van der Waals surface area contributed by atoms with E-state index in [4.69, 9.17) is 15.7 Å². The summed E-state index contributed by atoms with van der Waals surface area (Å²) in [7, 11) is 0. The molecule has 0 saturated heterocycles. The third kappa shape index (κ3) is 1.68. The van der Waals surface area contributed by atoms with Gasteiger partial charge in [0.25, 0.3) is 0 Å². The van der Waals surface area contributed by atoms with Gasteiger partial charge in [-0.3, -0.25) is 0 Å². The normalized spacial score (nSPS) is 27.5. The summed E-state index contributed by atoms with van der Waals surface area (Å²) in [4.78, 5) is 4.87. The van der Waals surface area contributed by atoms with E-state index < -0.39 is 0 Å². The Morgan fingerprint density at radius 1 is 2.00 bits per heavy atom. The lowest BCUT2D eigenvalue weighted by atomic mass is 10.1. The van der Waals surface area contributed by atoms with Crippen molar-refractivity contribution in [2.45, 2.75) is 18.6 Å². The lowest BCUT2D eigenvalue weighted by Crippen LogP contribution is -2.37. The molecule has 4 nitrogen and oxygen atoms in total. The van der Waals surface area contributed by atoms with Crippen LogP contribution in [-0.4, -0.2) is 28.5 Å². The molecule has 5 heteroatoms. The standard InChI is InChI=1S/C5H9BrN2O2/c6-5-1-4(10-8-5)3(7)2-9/h3-4,9H,1-2,7H2/t3-,4+/m0/s1. The Balaban J connectivity index is 2.34. The van der Waals surface area contributed by atoms with Crippen molar-refractivity contribution < 1.29 is 9.94 Å². The van der Waals surface area contributed by atoms with Gasteiger partial charge < -0.3 is 15.7 Å². The minimum Gasteiger partial charge on any atom is -0.395 e. The van der Waals surface area contributed by atoms with Crippen molar-refractivity contribution in [3.05, 3.63) is 0 Å². The highest BCUT2D eigenvalue weighted by Crippen LogP contribution is 2.15. The van der Waals surface area contributed by atoms with Crippen molar-refractivity contribution in [3.63, 3.8) is 0 Å². The monoisotopic (exact) mass is 208 g/mol. The molecule has 1 heterocycles. The Morgan fingerprint density at radius 2 is 2.70 bits per heavy atom. The number of oxime groups is 1. The van der Waals surface area contributed by atoms with E-state index in [0.29, 0.717) is 6.42 Å². The predicted molar refractivity (Wildman–Crippen MR) is 40.9 cm³/mol. The van der Waals surface area contributed by atoms with Crippen molar-refractivity contribution >= 4 is 20.6 Å². The first-order valence-electron chi connectivity index (χ1n) is 2.98. The summed E-state index contributed by atoms with van der Waals surface area (Å²) in [6.07, 6.45) is 0.487. The van der Waals surface area contributed by atoms with Crippen molar-refractivity contribution in [3.8, 4) is 0 Å². The number of aliphatic hydroxyl groups is 1. The zero-order valence-electron chi connectivity index (χ0n) is 5.33. The number of nitrogens with zero attached hydrogens (tertiary/aromatic N) is 1. The number of hydrogen-bond donors (Lipinski definition) is 2. The van der Waals surface area contributed by atoms with Crippen LogP contribution in [0.5, 0.6) is 0 Å². The van der Waals surface area contributed by atoms with E-state index in [1.165, 1.54) is 0 Å². The quantitative estimate of drug-likeness (QED) is 0.661. The van der Waals surface area contributed by atoms with Gasteiger partial charge in [-0.2, -0.15) is 0 Å². The fraction of sp³-hybridized carbons (Fsp3) is 0.800. The van der Waals surface area contributed by atoms with Crippen LogP contribution in [0.4, 0.5) is 0 Å². The van der Waals surface area contributed by atoms with E-state index in [1.54, 1.807) is 0 Å². The summed E-state index contributed by atoms with van der Waals surface area (Å²) in [5.41, 5.74) is 5.47. The second-order valence-electron chi connectivity index (χ2n) is 2.16. The smallest absolute Gasteiger partial charge is 0.151 e.